The normalized spacial score (nSPS) is 20.8. The van der Waals surface area contributed by atoms with Crippen LogP contribution in [-0.4, -0.2) is 25.3 Å². The molecule has 30 heavy (non-hydrogen) atoms. The number of rotatable bonds is 7. The Labute approximate surface area is 181 Å². The monoisotopic (exact) mass is 426 g/mol. The first-order valence-corrected chi connectivity index (χ1v) is 13.7. The average molecular weight is 427 g/mol. The van der Waals surface area contributed by atoms with Crippen molar-refractivity contribution in [1.82, 2.24) is 5.32 Å². The van der Waals surface area contributed by atoms with Crippen molar-refractivity contribution >= 4 is 14.0 Å². The molecular weight excluding hydrogens is 392 g/mol. The summed E-state index contributed by atoms with van der Waals surface area (Å²) in [7, 11) is -1.94. The van der Waals surface area contributed by atoms with Crippen LogP contribution >= 0.6 is 0 Å². The highest BCUT2D eigenvalue weighted by Gasteiger charge is 2.42. The molecular formula is C24H34N2O3Si. The zero-order valence-corrected chi connectivity index (χ0v) is 19.7. The van der Waals surface area contributed by atoms with Gasteiger partial charge in [-0.3, -0.25) is 10.1 Å². The molecule has 1 saturated heterocycles. The van der Waals surface area contributed by atoms with E-state index in [9.17, 15) is 10.1 Å². The predicted octanol–water partition coefficient (Wildman–Crippen LogP) is 6.02. The van der Waals surface area contributed by atoms with Crippen LogP contribution in [0, 0.1) is 10.1 Å². The van der Waals surface area contributed by atoms with Gasteiger partial charge in [0.25, 0.3) is 5.69 Å². The van der Waals surface area contributed by atoms with Crippen molar-refractivity contribution in [2.45, 2.75) is 76.4 Å². The molecule has 0 aliphatic carbocycles. The second kappa shape index (κ2) is 9.00. The smallest absolute Gasteiger partial charge is 0.269 e. The van der Waals surface area contributed by atoms with Crippen molar-refractivity contribution in [3.05, 3.63) is 75.8 Å². The Kier molecular flexibility index (Phi) is 6.80. The lowest BCUT2D eigenvalue weighted by molar-refractivity contribution is -0.384. The van der Waals surface area contributed by atoms with Crippen molar-refractivity contribution in [2.24, 2.45) is 0 Å². The van der Waals surface area contributed by atoms with Gasteiger partial charge in [0.1, 0.15) is 0 Å². The Morgan fingerprint density at radius 2 is 1.73 bits per heavy atom. The molecule has 0 aromatic heterocycles. The molecule has 1 fully saturated rings. The molecule has 1 heterocycles. The second-order valence-electron chi connectivity index (χ2n) is 9.88. The molecule has 2 aromatic carbocycles. The van der Waals surface area contributed by atoms with Gasteiger partial charge in [-0.25, -0.2) is 0 Å². The molecule has 0 radical (unpaired) electrons. The minimum Gasteiger partial charge on any atom is -0.408 e. The van der Waals surface area contributed by atoms with Crippen molar-refractivity contribution < 1.29 is 9.35 Å². The van der Waals surface area contributed by atoms with Crippen molar-refractivity contribution in [1.29, 1.82) is 0 Å². The zero-order valence-electron chi connectivity index (χ0n) is 18.7. The van der Waals surface area contributed by atoms with Gasteiger partial charge in [-0.05, 0) is 48.5 Å². The molecule has 1 unspecified atom stereocenters. The topological polar surface area (TPSA) is 64.4 Å². The van der Waals surface area contributed by atoms with Crippen LogP contribution in [0.5, 0.6) is 0 Å². The van der Waals surface area contributed by atoms with Gasteiger partial charge in [0.2, 0.25) is 0 Å². The Bertz CT molecular complexity index is 847. The van der Waals surface area contributed by atoms with E-state index >= 15 is 0 Å². The van der Waals surface area contributed by atoms with Crippen LogP contribution in [0.4, 0.5) is 5.69 Å². The number of nitrogens with zero attached hydrogens (tertiary/aromatic N) is 1. The van der Waals surface area contributed by atoms with E-state index in [1.165, 1.54) is 5.56 Å². The summed E-state index contributed by atoms with van der Waals surface area (Å²) < 4.78 is 6.91. The maximum atomic E-state index is 10.9. The van der Waals surface area contributed by atoms with Gasteiger partial charge >= 0.3 is 0 Å². The van der Waals surface area contributed by atoms with E-state index in [-0.39, 0.29) is 27.8 Å². The molecule has 0 saturated carbocycles. The first-order valence-electron chi connectivity index (χ1n) is 10.8. The molecule has 0 bridgehead atoms. The van der Waals surface area contributed by atoms with Gasteiger partial charge in [-0.1, -0.05) is 63.2 Å². The third-order valence-corrected chi connectivity index (χ3v) is 11.1. The second-order valence-corrected chi connectivity index (χ2v) is 14.6. The summed E-state index contributed by atoms with van der Waals surface area (Å²) in [6.07, 6.45) is 3.04. The molecule has 3 atom stereocenters. The number of hydrogen-bond acceptors (Lipinski definition) is 4. The van der Waals surface area contributed by atoms with Gasteiger partial charge < -0.3 is 9.74 Å². The predicted molar refractivity (Wildman–Crippen MR) is 124 cm³/mol. The largest absolute Gasteiger partial charge is 0.408 e. The summed E-state index contributed by atoms with van der Waals surface area (Å²) in [5.74, 6) is 0. The van der Waals surface area contributed by atoms with E-state index in [1.807, 2.05) is 18.2 Å². The summed E-state index contributed by atoms with van der Waals surface area (Å²) in [4.78, 5) is 10.5. The number of nitro benzene ring substituents is 1. The van der Waals surface area contributed by atoms with Crippen LogP contribution < -0.4 is 5.32 Å². The van der Waals surface area contributed by atoms with Gasteiger partial charge in [-0.2, -0.15) is 0 Å². The van der Waals surface area contributed by atoms with Crippen LogP contribution in [-0.2, 0) is 10.8 Å². The third-order valence-electron chi connectivity index (χ3n) is 6.63. The standard InChI is InChI=1S/C24H34N2O3Si/c1-24(2,3)30(4,5)29-23(19-9-7-6-8-10-19)22-16-13-20(25-22)17-18-11-14-21(15-12-18)26(27)28/h6-12,14-15,20,22-23,25H,13,16-17H2,1-5H3/t20?,22-,23-/m1/s1. The average Bonchev–Trinajstić information content (AvgIpc) is 3.14. The molecule has 162 valence electrons. The van der Waals surface area contributed by atoms with Crippen LogP contribution in [0.15, 0.2) is 54.6 Å². The summed E-state index contributed by atoms with van der Waals surface area (Å²) in [6.45, 7) is 11.5. The van der Waals surface area contributed by atoms with Crippen molar-refractivity contribution in [2.75, 3.05) is 0 Å². The van der Waals surface area contributed by atoms with E-state index in [1.54, 1.807) is 12.1 Å². The summed E-state index contributed by atoms with van der Waals surface area (Å²) in [5, 5.41) is 14.8. The Morgan fingerprint density at radius 1 is 1.10 bits per heavy atom. The molecule has 5 nitrogen and oxygen atoms in total. The van der Waals surface area contributed by atoms with Gasteiger partial charge in [0.15, 0.2) is 8.32 Å². The number of nitro groups is 1. The molecule has 0 spiro atoms. The van der Waals surface area contributed by atoms with Crippen LogP contribution in [0.3, 0.4) is 0 Å². The molecule has 2 aromatic rings. The van der Waals surface area contributed by atoms with E-state index in [2.05, 4.69) is 63.4 Å². The molecule has 1 aliphatic rings. The maximum Gasteiger partial charge on any atom is 0.269 e. The van der Waals surface area contributed by atoms with E-state index in [4.69, 9.17) is 4.43 Å². The lowest BCUT2D eigenvalue weighted by Gasteiger charge is -2.41. The van der Waals surface area contributed by atoms with Crippen molar-refractivity contribution in [3.8, 4) is 0 Å². The lowest BCUT2D eigenvalue weighted by atomic mass is 10.0. The zero-order chi connectivity index (χ0) is 21.9. The summed E-state index contributed by atoms with van der Waals surface area (Å²) >= 11 is 0. The van der Waals surface area contributed by atoms with E-state index in [0.717, 1.165) is 24.8 Å². The summed E-state index contributed by atoms with van der Waals surface area (Å²) in [6, 6.07) is 18.1. The van der Waals surface area contributed by atoms with Crippen LogP contribution in [0.2, 0.25) is 18.1 Å². The fourth-order valence-corrected chi connectivity index (χ4v) is 5.10. The fraction of sp³-hybridized carbons (Fsp3) is 0.500. The number of non-ortho nitro benzene ring substituents is 1. The first kappa shape index (κ1) is 22.7. The lowest BCUT2D eigenvalue weighted by Crippen LogP contribution is -2.46. The summed E-state index contributed by atoms with van der Waals surface area (Å²) in [5.41, 5.74) is 2.50. The highest BCUT2D eigenvalue weighted by Crippen LogP contribution is 2.42. The van der Waals surface area contributed by atoms with Gasteiger partial charge in [0.05, 0.1) is 11.0 Å². The van der Waals surface area contributed by atoms with E-state index in [0.29, 0.717) is 6.04 Å². The quantitative estimate of drug-likeness (QED) is 0.334. The molecule has 1 aliphatic heterocycles. The highest BCUT2D eigenvalue weighted by molar-refractivity contribution is 6.74. The van der Waals surface area contributed by atoms with Gasteiger partial charge in [-0.15, -0.1) is 0 Å². The highest BCUT2D eigenvalue weighted by atomic mass is 28.4. The molecule has 6 heteroatoms. The minimum absolute atomic E-state index is 0.0361. The van der Waals surface area contributed by atoms with Gasteiger partial charge in [0, 0.05) is 24.2 Å². The van der Waals surface area contributed by atoms with Crippen LogP contribution in [0.25, 0.3) is 0 Å². The number of hydrogen-bond donors (Lipinski definition) is 1. The van der Waals surface area contributed by atoms with Crippen molar-refractivity contribution in [3.63, 3.8) is 0 Å². The molecule has 3 rings (SSSR count). The minimum atomic E-state index is -1.94. The number of benzene rings is 2. The Morgan fingerprint density at radius 3 is 2.30 bits per heavy atom. The molecule has 1 N–H and O–H groups in total. The van der Waals surface area contributed by atoms with Crippen LogP contribution in [0.1, 0.15) is 50.8 Å². The Balaban J connectivity index is 1.73. The Hall–Kier alpha value is -2.02. The number of nitrogens with one attached hydrogen (secondary N) is 1. The first-order chi connectivity index (χ1) is 14.1. The third kappa shape index (κ3) is 5.36. The maximum absolute atomic E-state index is 10.9. The fourth-order valence-electron chi connectivity index (χ4n) is 3.81. The van der Waals surface area contributed by atoms with E-state index < -0.39 is 8.32 Å². The molecule has 0 amide bonds. The SMILES string of the molecule is CC(C)(C)[Si](C)(C)O[C@H](c1ccccc1)[C@H]1CCC(Cc2ccc([N+](=O)[O-])cc2)N1.